The van der Waals surface area contributed by atoms with Crippen molar-refractivity contribution in [1.82, 2.24) is 9.80 Å². The number of anilines is 1. The van der Waals surface area contributed by atoms with E-state index in [9.17, 15) is 14.4 Å². The quantitative estimate of drug-likeness (QED) is 0.763. The number of hydrogen-bond acceptors (Lipinski definition) is 3. The highest BCUT2D eigenvalue weighted by Gasteiger charge is 2.52. The van der Waals surface area contributed by atoms with Crippen LogP contribution in [0.1, 0.15) is 76.1 Å². The minimum absolute atomic E-state index is 0.0403. The van der Waals surface area contributed by atoms with Gasteiger partial charge in [0.05, 0.1) is 11.3 Å². The third-order valence-corrected chi connectivity index (χ3v) is 6.86. The minimum Gasteiger partial charge on any atom is -0.337 e. The Hall–Kier alpha value is -2.37. The predicted octanol–water partition coefficient (Wildman–Crippen LogP) is 3.56. The van der Waals surface area contributed by atoms with Gasteiger partial charge in [0.15, 0.2) is 0 Å². The van der Waals surface area contributed by atoms with Crippen LogP contribution in [0.5, 0.6) is 0 Å². The molecule has 2 heterocycles. The van der Waals surface area contributed by atoms with Gasteiger partial charge in [-0.2, -0.15) is 0 Å². The second-order valence-corrected chi connectivity index (χ2v) is 9.00. The topological polar surface area (TPSA) is 60.9 Å². The minimum atomic E-state index is -0.696. The number of carbonyl (C=O) groups excluding carboxylic acids is 3. The van der Waals surface area contributed by atoms with E-state index in [2.05, 4.69) is 13.8 Å². The lowest BCUT2D eigenvalue weighted by Crippen LogP contribution is -2.62. The van der Waals surface area contributed by atoms with Crippen molar-refractivity contribution in [3.05, 3.63) is 29.8 Å². The molecule has 2 aliphatic heterocycles. The molecular weight excluding hydrogens is 366 g/mol. The molecular formula is C23H31N3O3. The van der Waals surface area contributed by atoms with Gasteiger partial charge in [-0.3, -0.25) is 19.3 Å². The van der Waals surface area contributed by atoms with Crippen molar-refractivity contribution in [3.8, 4) is 0 Å². The Kier molecular flexibility index (Phi) is 5.13. The lowest BCUT2D eigenvalue weighted by molar-refractivity contribution is -0.135. The molecule has 1 aliphatic carbocycles. The van der Waals surface area contributed by atoms with Crippen LogP contribution in [-0.4, -0.2) is 51.8 Å². The van der Waals surface area contributed by atoms with Crippen LogP contribution in [-0.2, 0) is 9.59 Å². The van der Waals surface area contributed by atoms with E-state index in [4.69, 9.17) is 0 Å². The van der Waals surface area contributed by atoms with Crippen LogP contribution in [0.3, 0.4) is 0 Å². The molecule has 1 saturated carbocycles. The molecule has 29 heavy (non-hydrogen) atoms. The van der Waals surface area contributed by atoms with Crippen LogP contribution < -0.4 is 4.90 Å². The summed E-state index contributed by atoms with van der Waals surface area (Å²) >= 11 is 0. The van der Waals surface area contributed by atoms with E-state index in [0.717, 1.165) is 12.8 Å². The number of carbonyl (C=O) groups is 3. The van der Waals surface area contributed by atoms with Crippen LogP contribution in [0.2, 0.25) is 0 Å². The Morgan fingerprint density at radius 2 is 1.90 bits per heavy atom. The van der Waals surface area contributed by atoms with Crippen molar-refractivity contribution < 1.29 is 14.4 Å². The average Bonchev–Trinajstić information content (AvgIpc) is 3.30. The van der Waals surface area contributed by atoms with E-state index in [1.165, 1.54) is 12.8 Å². The lowest BCUT2D eigenvalue weighted by Gasteiger charge is -2.49. The molecule has 1 saturated heterocycles. The second kappa shape index (κ2) is 7.47. The Bertz CT molecular complexity index is 830. The van der Waals surface area contributed by atoms with E-state index in [1.54, 1.807) is 15.9 Å². The van der Waals surface area contributed by atoms with Gasteiger partial charge in [0, 0.05) is 31.5 Å². The number of amides is 3. The number of hydrogen-bond donors (Lipinski definition) is 0. The van der Waals surface area contributed by atoms with Crippen molar-refractivity contribution >= 4 is 23.4 Å². The highest BCUT2D eigenvalue weighted by molar-refractivity contribution is 6.10. The molecule has 0 bridgehead atoms. The number of nitrogens with zero attached hydrogens (tertiary/aromatic N) is 3. The zero-order valence-electron chi connectivity index (χ0n) is 17.7. The zero-order valence-corrected chi connectivity index (χ0v) is 17.7. The Morgan fingerprint density at radius 1 is 1.21 bits per heavy atom. The second-order valence-electron chi connectivity index (χ2n) is 9.00. The van der Waals surface area contributed by atoms with Crippen molar-refractivity contribution in [2.75, 3.05) is 11.4 Å². The van der Waals surface area contributed by atoms with E-state index in [0.29, 0.717) is 43.1 Å². The van der Waals surface area contributed by atoms with Gasteiger partial charge in [-0.15, -0.1) is 0 Å². The number of benzene rings is 1. The Labute approximate surface area is 172 Å². The third kappa shape index (κ3) is 3.22. The summed E-state index contributed by atoms with van der Waals surface area (Å²) in [6.07, 6.45) is 5.80. The van der Waals surface area contributed by atoms with Crippen LogP contribution in [0, 0.1) is 0 Å². The fourth-order valence-corrected chi connectivity index (χ4v) is 5.47. The van der Waals surface area contributed by atoms with Crippen molar-refractivity contribution in [2.24, 2.45) is 0 Å². The van der Waals surface area contributed by atoms with Crippen molar-refractivity contribution in [2.45, 2.75) is 83.5 Å². The predicted molar refractivity (Wildman–Crippen MR) is 111 cm³/mol. The lowest BCUT2D eigenvalue weighted by atomic mass is 9.98. The summed E-state index contributed by atoms with van der Waals surface area (Å²) in [4.78, 5) is 44.6. The van der Waals surface area contributed by atoms with Crippen LogP contribution in [0.4, 0.5) is 5.69 Å². The molecule has 4 rings (SSSR count). The smallest absolute Gasteiger partial charge is 0.257 e. The molecule has 156 valence electrons. The van der Waals surface area contributed by atoms with Gasteiger partial charge in [-0.25, -0.2) is 0 Å². The summed E-state index contributed by atoms with van der Waals surface area (Å²) in [6.45, 7) is 6.42. The maximum Gasteiger partial charge on any atom is 0.257 e. The summed E-state index contributed by atoms with van der Waals surface area (Å²) in [5.41, 5.74) is 0.544. The van der Waals surface area contributed by atoms with Crippen LogP contribution in [0.25, 0.3) is 0 Å². The molecule has 0 radical (unpaired) electrons. The van der Waals surface area contributed by atoms with Gasteiger partial charge >= 0.3 is 0 Å². The zero-order chi connectivity index (χ0) is 20.8. The average molecular weight is 398 g/mol. The summed E-state index contributed by atoms with van der Waals surface area (Å²) in [7, 11) is 0. The first kappa shape index (κ1) is 19.9. The standard InChI is InChI=1S/C23H31N3O3/c1-16(2)25(17-8-4-5-9-17)20(27)13-15-24-22(29)18-10-6-7-11-19(18)26-21(28)12-14-23(24,26)3/h6-7,10-11,16-17H,4-5,8-9,12-15H2,1-3H3/t23-/m0/s1. The number of rotatable bonds is 5. The molecule has 1 atom stereocenters. The molecule has 3 amide bonds. The maximum absolute atomic E-state index is 13.3. The molecule has 3 aliphatic rings. The van der Waals surface area contributed by atoms with E-state index in [1.807, 2.05) is 30.0 Å². The molecule has 1 aromatic rings. The van der Waals surface area contributed by atoms with Gasteiger partial charge in [0.2, 0.25) is 11.8 Å². The van der Waals surface area contributed by atoms with Crippen LogP contribution in [0.15, 0.2) is 24.3 Å². The van der Waals surface area contributed by atoms with E-state index >= 15 is 0 Å². The molecule has 0 spiro atoms. The largest absolute Gasteiger partial charge is 0.337 e. The fraction of sp³-hybridized carbons (Fsp3) is 0.609. The fourth-order valence-electron chi connectivity index (χ4n) is 5.47. The highest BCUT2D eigenvalue weighted by Crippen LogP contribution is 2.44. The molecule has 1 aromatic carbocycles. The first-order valence-electron chi connectivity index (χ1n) is 10.9. The Morgan fingerprint density at radius 3 is 2.59 bits per heavy atom. The first-order chi connectivity index (χ1) is 13.8. The monoisotopic (exact) mass is 397 g/mol. The molecule has 6 heteroatoms. The summed E-state index contributed by atoms with van der Waals surface area (Å²) in [6, 6.07) is 7.78. The van der Waals surface area contributed by atoms with Gasteiger partial charge in [0.1, 0.15) is 5.66 Å². The first-order valence-corrected chi connectivity index (χ1v) is 10.9. The number of para-hydroxylation sites is 1. The SMILES string of the molecule is CC(C)N(C(=O)CCN1C(=O)c2ccccc2N2C(=O)CC[C@@]12C)C1CCCC1. The summed E-state index contributed by atoms with van der Waals surface area (Å²) in [5, 5.41) is 0. The normalized spacial score (nSPS) is 24.3. The van der Waals surface area contributed by atoms with Crippen molar-refractivity contribution in [1.29, 1.82) is 0 Å². The van der Waals surface area contributed by atoms with Gasteiger partial charge < -0.3 is 9.80 Å². The molecule has 0 N–H and O–H groups in total. The summed E-state index contributed by atoms with van der Waals surface area (Å²) in [5.74, 6) is 0.0652. The summed E-state index contributed by atoms with van der Waals surface area (Å²) < 4.78 is 0. The van der Waals surface area contributed by atoms with Crippen molar-refractivity contribution in [3.63, 3.8) is 0 Å². The molecule has 2 fully saturated rings. The van der Waals surface area contributed by atoms with Gasteiger partial charge in [-0.1, -0.05) is 25.0 Å². The molecule has 0 aromatic heterocycles. The molecule has 0 unspecified atom stereocenters. The number of fused-ring (bicyclic) bond motifs is 3. The molecule has 6 nitrogen and oxygen atoms in total. The third-order valence-electron chi connectivity index (χ3n) is 6.86. The van der Waals surface area contributed by atoms with Gasteiger partial charge in [0.25, 0.3) is 5.91 Å². The van der Waals surface area contributed by atoms with Crippen LogP contribution >= 0.6 is 0 Å². The van der Waals surface area contributed by atoms with E-state index in [-0.39, 0.29) is 23.8 Å². The highest BCUT2D eigenvalue weighted by atomic mass is 16.2. The maximum atomic E-state index is 13.3. The van der Waals surface area contributed by atoms with Gasteiger partial charge in [-0.05, 0) is 52.2 Å². The van der Waals surface area contributed by atoms with E-state index < -0.39 is 5.66 Å². The Balaban J connectivity index is 1.57.